The minimum atomic E-state index is -3.23. The van der Waals surface area contributed by atoms with Gasteiger partial charge < -0.3 is 48.4 Å². The molecule has 13 atom stereocenters. The highest BCUT2D eigenvalue weighted by Gasteiger charge is 2.60. The Hall–Kier alpha value is -4.55. The Balaban J connectivity index is 1.62. The number of benzene rings is 1. The van der Waals surface area contributed by atoms with Gasteiger partial charge in [-0.15, -0.1) is 0 Å². The van der Waals surface area contributed by atoms with Crippen LogP contribution >= 0.6 is 0 Å². The van der Waals surface area contributed by atoms with Crippen LogP contribution in [0.25, 0.3) is 17.0 Å². The molecule has 3 fully saturated rings. The molecule has 0 radical (unpaired) electrons. The molecule has 2 aromatic rings. The van der Waals surface area contributed by atoms with E-state index in [2.05, 4.69) is 10.1 Å². The average molecular weight is 858 g/mol. The molecule has 5 rings (SSSR count). The number of ketones is 1. The monoisotopic (exact) mass is 857 g/mol. The Morgan fingerprint density at radius 1 is 1.08 bits per heavy atom. The lowest BCUT2D eigenvalue weighted by molar-refractivity contribution is -0.296. The van der Waals surface area contributed by atoms with Gasteiger partial charge in [0.1, 0.15) is 19.3 Å². The molecule has 3 saturated heterocycles. The number of aromatic carboxylic acids is 1. The maximum atomic E-state index is 17.0. The van der Waals surface area contributed by atoms with E-state index in [1.54, 1.807) is 51.1 Å². The van der Waals surface area contributed by atoms with Gasteiger partial charge in [-0.1, -0.05) is 51.1 Å². The second kappa shape index (κ2) is 18.8. The maximum absolute atomic E-state index is 17.0. The number of esters is 1. The smallest absolute Gasteiger partial charge is 0.478 e. The molecule has 1 aromatic carbocycles. The van der Waals surface area contributed by atoms with Gasteiger partial charge in [-0.25, -0.2) is 18.8 Å². The number of cyclic esters (lactones) is 1. The molecule has 0 aliphatic carbocycles. The number of carboxylic acids is 1. The lowest BCUT2D eigenvalue weighted by Crippen LogP contribution is -2.61. The van der Waals surface area contributed by atoms with Gasteiger partial charge in [-0.2, -0.15) is 0 Å². The van der Waals surface area contributed by atoms with Crippen molar-refractivity contribution in [2.45, 2.75) is 134 Å². The molecule has 61 heavy (non-hydrogen) atoms. The van der Waals surface area contributed by atoms with E-state index in [9.17, 15) is 29.4 Å². The van der Waals surface area contributed by atoms with Crippen LogP contribution < -0.4 is 0 Å². The summed E-state index contributed by atoms with van der Waals surface area (Å²) in [5.41, 5.74) is -4.63. The topological polar surface area (TPSA) is 202 Å². The predicted molar refractivity (Wildman–Crippen MR) is 220 cm³/mol. The SMILES string of the molecule is CC[C@H]1OC(=O)[C@@](C)(F)C(=O)[C@H](C)[C@@H](O[C@@H]2O[C@H](C)C[C@H](N(C)C)[C@H]2O)[C@](C)(OC/C=C/c2ccc3ncc(C(=O)O)cc3c2)C[C@@H](C)/C(=N\OC)[C@H](C)[C@H]2OC(=O)O[C@@]21C. The second-order valence-electron chi connectivity index (χ2n) is 17.3. The number of carbonyl (C=O) groups is 4. The summed E-state index contributed by atoms with van der Waals surface area (Å²) >= 11 is 0. The number of hydrogen-bond acceptors (Lipinski definition) is 15. The number of Topliss-reactive ketones (excluding diaryl/α,β-unsaturated/α-hetero) is 1. The third kappa shape index (κ3) is 9.91. The molecule has 3 aliphatic rings. The first-order chi connectivity index (χ1) is 28.6. The van der Waals surface area contributed by atoms with Gasteiger partial charge >= 0.3 is 18.1 Å². The van der Waals surface area contributed by atoms with Crippen molar-refractivity contribution in [2.24, 2.45) is 22.9 Å². The van der Waals surface area contributed by atoms with Gasteiger partial charge in [-0.3, -0.25) is 9.78 Å². The summed E-state index contributed by atoms with van der Waals surface area (Å²) in [6, 6.07) is 6.46. The number of halogens is 1. The summed E-state index contributed by atoms with van der Waals surface area (Å²) in [6.07, 6.45) is -2.30. The molecule has 0 bridgehead atoms. The second-order valence-corrected chi connectivity index (χ2v) is 17.3. The Kier molecular flexibility index (Phi) is 14.7. The molecule has 16 nitrogen and oxygen atoms in total. The molecule has 0 amide bonds. The van der Waals surface area contributed by atoms with E-state index >= 15 is 4.39 Å². The molecule has 1 aromatic heterocycles. The molecular formula is C44H60FN3O13. The maximum Gasteiger partial charge on any atom is 0.509 e. The number of aliphatic hydroxyl groups is 1. The number of fused-ring (bicyclic) bond motifs is 2. The molecule has 4 heterocycles. The van der Waals surface area contributed by atoms with Crippen LogP contribution in [0.5, 0.6) is 0 Å². The lowest BCUT2D eigenvalue weighted by Gasteiger charge is -2.47. The summed E-state index contributed by atoms with van der Waals surface area (Å²) in [5.74, 6) is -6.51. The molecule has 3 aliphatic heterocycles. The fourth-order valence-electron chi connectivity index (χ4n) is 9.08. The van der Waals surface area contributed by atoms with Gasteiger partial charge in [0.05, 0.1) is 41.2 Å². The van der Waals surface area contributed by atoms with Crippen LogP contribution in [0.2, 0.25) is 0 Å². The Morgan fingerprint density at radius 3 is 2.43 bits per heavy atom. The van der Waals surface area contributed by atoms with Crippen LogP contribution in [0.1, 0.15) is 90.6 Å². The number of aliphatic hydroxyl groups excluding tert-OH is 1. The summed E-state index contributed by atoms with van der Waals surface area (Å²) in [4.78, 5) is 64.2. The van der Waals surface area contributed by atoms with E-state index < -0.39 is 95.2 Å². The van der Waals surface area contributed by atoms with Crippen LogP contribution in [0, 0.1) is 17.8 Å². The number of likely N-dealkylation sites (N-methyl/N-ethyl adjacent to an activating group) is 1. The van der Waals surface area contributed by atoms with Crippen molar-refractivity contribution in [3.05, 3.63) is 47.7 Å². The largest absolute Gasteiger partial charge is 0.509 e. The summed E-state index contributed by atoms with van der Waals surface area (Å²) in [6.45, 7) is 12.5. The zero-order valence-corrected chi connectivity index (χ0v) is 36.7. The Bertz CT molecular complexity index is 2010. The van der Waals surface area contributed by atoms with E-state index in [1.165, 1.54) is 33.2 Å². The van der Waals surface area contributed by atoms with Crippen LogP contribution in [-0.2, 0) is 42.8 Å². The first kappa shape index (κ1) is 47.5. The summed E-state index contributed by atoms with van der Waals surface area (Å²) in [7, 11) is 5.00. The number of ether oxygens (including phenoxy) is 6. The zero-order chi connectivity index (χ0) is 45.2. The highest BCUT2D eigenvalue weighted by atomic mass is 19.1. The van der Waals surface area contributed by atoms with Gasteiger partial charge in [-0.05, 0) is 84.8 Å². The van der Waals surface area contributed by atoms with Crippen LogP contribution in [-0.4, -0.2) is 137 Å². The number of pyridine rings is 1. The van der Waals surface area contributed by atoms with Crippen LogP contribution in [0.4, 0.5) is 9.18 Å². The fraction of sp³-hybridized carbons (Fsp3) is 0.636. The van der Waals surface area contributed by atoms with Gasteiger partial charge in [0.25, 0.3) is 5.67 Å². The van der Waals surface area contributed by atoms with E-state index in [-0.39, 0.29) is 31.1 Å². The van der Waals surface area contributed by atoms with Gasteiger partial charge in [0.2, 0.25) is 0 Å². The molecule has 0 spiro atoms. The lowest BCUT2D eigenvalue weighted by atomic mass is 9.73. The fourth-order valence-corrected chi connectivity index (χ4v) is 9.08. The zero-order valence-electron chi connectivity index (χ0n) is 36.7. The highest BCUT2D eigenvalue weighted by Crippen LogP contribution is 2.43. The van der Waals surface area contributed by atoms with E-state index in [0.29, 0.717) is 28.6 Å². The van der Waals surface area contributed by atoms with E-state index in [4.69, 9.17) is 33.3 Å². The number of hydrogen-bond donors (Lipinski definition) is 2. The van der Waals surface area contributed by atoms with E-state index in [0.717, 1.165) is 6.92 Å². The van der Waals surface area contributed by atoms with Gasteiger partial charge in [0, 0.05) is 35.4 Å². The Morgan fingerprint density at radius 2 is 1.79 bits per heavy atom. The number of oxime groups is 1. The van der Waals surface area contributed by atoms with Crippen molar-refractivity contribution < 1.29 is 67.0 Å². The van der Waals surface area contributed by atoms with E-state index in [1.807, 2.05) is 32.8 Å². The van der Waals surface area contributed by atoms with Crippen molar-refractivity contribution >= 4 is 46.6 Å². The number of aromatic nitrogens is 1. The minimum Gasteiger partial charge on any atom is -0.478 e. The molecule has 336 valence electrons. The van der Waals surface area contributed by atoms with Crippen molar-refractivity contribution in [1.82, 2.24) is 9.88 Å². The predicted octanol–water partition coefficient (Wildman–Crippen LogP) is 5.76. The quantitative estimate of drug-likeness (QED) is 0.166. The number of rotatable bonds is 10. The third-order valence-electron chi connectivity index (χ3n) is 12.3. The summed E-state index contributed by atoms with van der Waals surface area (Å²) in [5, 5.41) is 26.1. The molecular weight excluding hydrogens is 797 g/mol. The van der Waals surface area contributed by atoms with Crippen molar-refractivity contribution in [3.8, 4) is 0 Å². The van der Waals surface area contributed by atoms with Crippen molar-refractivity contribution in [3.63, 3.8) is 0 Å². The van der Waals surface area contributed by atoms with Crippen LogP contribution in [0.15, 0.2) is 41.7 Å². The van der Waals surface area contributed by atoms with Crippen LogP contribution in [0.3, 0.4) is 0 Å². The molecule has 0 saturated carbocycles. The molecule has 2 N–H and O–H groups in total. The normalized spacial score (nSPS) is 37.3. The highest BCUT2D eigenvalue weighted by molar-refractivity contribution is 6.08. The van der Waals surface area contributed by atoms with Gasteiger partial charge in [0.15, 0.2) is 23.8 Å². The first-order valence-corrected chi connectivity index (χ1v) is 20.6. The summed E-state index contributed by atoms with van der Waals surface area (Å²) < 4.78 is 53.7. The molecule has 17 heteroatoms. The number of nitrogens with zero attached hydrogens (tertiary/aromatic N) is 3. The van der Waals surface area contributed by atoms with Crippen molar-refractivity contribution in [2.75, 3.05) is 27.8 Å². The standard InChI is InChI=1S/C44H60FN3O13/c1-12-32-44(8)37(60-41(54)61-44)25(4)33(47-55-11)23(2)21-42(6,56-17-13-14-27-15-16-30-28(19-27)20-29(22-46-30)38(51)52)36(26(5)35(50)43(7,45)40(53)58-32)59-39-34(49)31(48(9)10)18-24(3)57-39/h13-16,19-20,22-26,31-32,34,36-37,39,49H,12,17-18,21H2,1-11H3,(H,51,52)/b14-13+,47-33+/t23-,24-,25+,26+,31+,32-,34-,36-,37-,39+,42-,43+,44-/m1/s1. The van der Waals surface area contributed by atoms with Crippen molar-refractivity contribution in [1.29, 1.82) is 0 Å². The number of carbonyl (C=O) groups excluding carboxylic acids is 3. The minimum absolute atomic E-state index is 0.0354. The number of alkyl halides is 1. The third-order valence-corrected chi connectivity index (χ3v) is 12.3. The Labute approximate surface area is 355 Å². The average Bonchev–Trinajstić information content (AvgIpc) is 3.52. The first-order valence-electron chi connectivity index (χ1n) is 20.6. The molecule has 0 unspecified atom stereocenters. The number of carboxylic acid groups (broad SMARTS) is 1.